The second-order valence-electron chi connectivity index (χ2n) is 2.74. The number of hydrogen-bond donors (Lipinski definition) is 1. The molecule has 0 atom stereocenters. The SMILES string of the molecule is CCS(=O)(=O)NOC(=O)c1ccccc1. The van der Waals surface area contributed by atoms with Crippen molar-refractivity contribution in [3.05, 3.63) is 35.9 Å². The minimum atomic E-state index is -3.52. The van der Waals surface area contributed by atoms with Crippen molar-refractivity contribution in [2.24, 2.45) is 0 Å². The average Bonchev–Trinajstić information content (AvgIpc) is 2.27. The topological polar surface area (TPSA) is 72.5 Å². The van der Waals surface area contributed by atoms with Crippen LogP contribution in [0.15, 0.2) is 30.3 Å². The van der Waals surface area contributed by atoms with E-state index in [2.05, 4.69) is 4.84 Å². The molecular formula is C9H11NO4S. The summed E-state index contributed by atoms with van der Waals surface area (Å²) >= 11 is 0. The van der Waals surface area contributed by atoms with E-state index in [0.29, 0.717) is 0 Å². The summed E-state index contributed by atoms with van der Waals surface area (Å²) in [5, 5.41) is 0. The summed E-state index contributed by atoms with van der Waals surface area (Å²) in [7, 11) is -3.52. The standard InChI is InChI=1S/C9H11NO4S/c1-2-15(12,13)10-14-9(11)8-6-4-3-5-7-8/h3-7,10H,2H2,1H3. The minimum absolute atomic E-state index is 0.144. The summed E-state index contributed by atoms with van der Waals surface area (Å²) in [6.45, 7) is 1.44. The lowest BCUT2D eigenvalue weighted by Gasteiger charge is -2.04. The van der Waals surface area contributed by atoms with Crippen molar-refractivity contribution in [1.82, 2.24) is 4.89 Å². The van der Waals surface area contributed by atoms with Gasteiger partial charge in [0.2, 0.25) is 10.0 Å². The monoisotopic (exact) mass is 229 g/mol. The molecule has 0 fully saturated rings. The summed E-state index contributed by atoms with van der Waals surface area (Å²) in [5.74, 6) is -0.873. The van der Waals surface area contributed by atoms with Crippen molar-refractivity contribution in [1.29, 1.82) is 0 Å². The van der Waals surface area contributed by atoms with Crippen molar-refractivity contribution >= 4 is 16.0 Å². The van der Waals surface area contributed by atoms with Crippen LogP contribution >= 0.6 is 0 Å². The highest BCUT2D eigenvalue weighted by Gasteiger charge is 2.11. The van der Waals surface area contributed by atoms with Gasteiger partial charge in [0.15, 0.2) is 0 Å². The fraction of sp³-hybridized carbons (Fsp3) is 0.222. The molecule has 1 aromatic rings. The first kappa shape index (κ1) is 11.7. The molecule has 1 rings (SSSR count). The predicted octanol–water partition coefficient (Wildman–Crippen LogP) is 0.698. The Kier molecular flexibility index (Phi) is 3.81. The highest BCUT2D eigenvalue weighted by molar-refractivity contribution is 7.89. The molecule has 0 spiro atoms. The Balaban J connectivity index is 2.59. The molecule has 0 saturated heterocycles. The van der Waals surface area contributed by atoms with Crippen molar-refractivity contribution in [2.75, 3.05) is 5.75 Å². The van der Waals surface area contributed by atoms with E-state index in [1.54, 1.807) is 23.1 Å². The van der Waals surface area contributed by atoms with E-state index in [1.807, 2.05) is 0 Å². The second-order valence-corrected chi connectivity index (χ2v) is 4.72. The summed E-state index contributed by atoms with van der Waals surface area (Å²) in [6, 6.07) is 8.12. The molecule has 0 saturated carbocycles. The highest BCUT2D eigenvalue weighted by Crippen LogP contribution is 2.00. The van der Waals surface area contributed by atoms with Crippen molar-refractivity contribution < 1.29 is 18.0 Å². The Morgan fingerprint density at radius 2 is 1.93 bits per heavy atom. The van der Waals surface area contributed by atoms with Gasteiger partial charge < -0.3 is 4.84 Å². The Morgan fingerprint density at radius 3 is 2.47 bits per heavy atom. The first-order valence-electron chi connectivity index (χ1n) is 4.31. The van der Waals surface area contributed by atoms with E-state index in [-0.39, 0.29) is 11.3 Å². The number of hydrogen-bond acceptors (Lipinski definition) is 4. The van der Waals surface area contributed by atoms with Crippen LogP contribution in [0.3, 0.4) is 0 Å². The lowest BCUT2D eigenvalue weighted by molar-refractivity contribution is 0.0408. The van der Waals surface area contributed by atoms with Gasteiger partial charge in [-0.15, -0.1) is 0 Å². The lowest BCUT2D eigenvalue weighted by atomic mass is 10.2. The van der Waals surface area contributed by atoms with Gasteiger partial charge in [-0.3, -0.25) is 0 Å². The van der Waals surface area contributed by atoms with Crippen molar-refractivity contribution in [3.63, 3.8) is 0 Å². The fourth-order valence-corrected chi connectivity index (χ4v) is 1.11. The van der Waals surface area contributed by atoms with Gasteiger partial charge in [0.25, 0.3) is 0 Å². The first-order chi connectivity index (χ1) is 7.05. The Bertz CT molecular complexity index is 427. The van der Waals surface area contributed by atoms with Crippen LogP contribution in [0, 0.1) is 0 Å². The van der Waals surface area contributed by atoms with Crippen molar-refractivity contribution in [3.8, 4) is 0 Å². The van der Waals surface area contributed by atoms with Crippen LogP contribution < -0.4 is 4.89 Å². The van der Waals surface area contributed by atoms with Crippen LogP contribution in [-0.2, 0) is 14.9 Å². The molecule has 0 heterocycles. The fourth-order valence-electron chi connectivity index (χ4n) is 0.793. The Labute approximate surface area is 88.1 Å². The smallest absolute Gasteiger partial charge is 0.351 e. The number of nitrogens with one attached hydrogen (secondary N) is 1. The molecule has 0 bridgehead atoms. The number of benzene rings is 1. The molecule has 0 aliphatic carbocycles. The summed E-state index contributed by atoms with van der Waals surface area (Å²) < 4.78 is 21.9. The molecule has 82 valence electrons. The van der Waals surface area contributed by atoms with Crippen LogP contribution in [0.5, 0.6) is 0 Å². The van der Waals surface area contributed by atoms with Crippen molar-refractivity contribution in [2.45, 2.75) is 6.92 Å². The van der Waals surface area contributed by atoms with Gasteiger partial charge in [0.1, 0.15) is 0 Å². The van der Waals surface area contributed by atoms with E-state index in [1.165, 1.54) is 19.1 Å². The van der Waals surface area contributed by atoms with Gasteiger partial charge in [-0.25, -0.2) is 13.2 Å². The van der Waals surface area contributed by atoms with Crippen LogP contribution in [0.1, 0.15) is 17.3 Å². The largest absolute Gasteiger partial charge is 0.357 e. The number of carbonyl (C=O) groups is 1. The number of carbonyl (C=O) groups excluding carboxylic acids is 1. The molecule has 0 radical (unpaired) electrons. The second kappa shape index (κ2) is 4.90. The van der Waals surface area contributed by atoms with E-state index >= 15 is 0 Å². The van der Waals surface area contributed by atoms with Crippen LogP contribution in [-0.4, -0.2) is 20.1 Å². The third-order valence-electron chi connectivity index (χ3n) is 1.65. The van der Waals surface area contributed by atoms with Crippen LogP contribution in [0.4, 0.5) is 0 Å². The van der Waals surface area contributed by atoms with E-state index in [4.69, 9.17) is 0 Å². The molecule has 0 unspecified atom stereocenters. The summed E-state index contributed by atoms with van der Waals surface area (Å²) in [6.07, 6.45) is 0. The zero-order valence-electron chi connectivity index (χ0n) is 8.14. The highest BCUT2D eigenvalue weighted by atomic mass is 32.2. The maximum absolute atomic E-state index is 11.3. The molecule has 1 aromatic carbocycles. The van der Waals surface area contributed by atoms with Gasteiger partial charge in [-0.1, -0.05) is 18.2 Å². The molecule has 15 heavy (non-hydrogen) atoms. The molecular weight excluding hydrogens is 218 g/mol. The van der Waals surface area contributed by atoms with Crippen LogP contribution in [0.2, 0.25) is 0 Å². The van der Waals surface area contributed by atoms with E-state index < -0.39 is 16.0 Å². The number of rotatable bonds is 4. The molecule has 0 aliphatic rings. The minimum Gasteiger partial charge on any atom is -0.351 e. The lowest BCUT2D eigenvalue weighted by Crippen LogP contribution is -2.28. The summed E-state index contributed by atoms with van der Waals surface area (Å²) in [4.78, 5) is 17.4. The summed E-state index contributed by atoms with van der Waals surface area (Å²) in [5.41, 5.74) is 0.288. The molecule has 0 aromatic heterocycles. The van der Waals surface area contributed by atoms with Gasteiger partial charge >= 0.3 is 5.97 Å². The maximum atomic E-state index is 11.3. The quantitative estimate of drug-likeness (QED) is 0.771. The van der Waals surface area contributed by atoms with Gasteiger partial charge in [0.05, 0.1) is 11.3 Å². The molecule has 5 nitrogen and oxygen atoms in total. The normalized spacial score (nSPS) is 11.0. The zero-order valence-corrected chi connectivity index (χ0v) is 8.95. The van der Waals surface area contributed by atoms with Gasteiger partial charge in [-0.2, -0.15) is 0 Å². The Morgan fingerprint density at radius 1 is 1.33 bits per heavy atom. The molecule has 6 heteroatoms. The first-order valence-corrected chi connectivity index (χ1v) is 5.96. The molecule has 0 aliphatic heterocycles. The third kappa shape index (κ3) is 3.69. The zero-order chi connectivity index (χ0) is 11.3. The average molecular weight is 229 g/mol. The Hall–Kier alpha value is -1.40. The van der Waals surface area contributed by atoms with Gasteiger partial charge in [-0.05, 0) is 23.9 Å². The third-order valence-corrected chi connectivity index (χ3v) is 2.75. The van der Waals surface area contributed by atoms with E-state index in [0.717, 1.165) is 0 Å². The maximum Gasteiger partial charge on any atom is 0.357 e. The van der Waals surface area contributed by atoms with Gasteiger partial charge in [0, 0.05) is 0 Å². The molecule has 0 amide bonds. The molecule has 1 N–H and O–H groups in total. The van der Waals surface area contributed by atoms with Crippen LogP contribution in [0.25, 0.3) is 0 Å². The van der Waals surface area contributed by atoms with E-state index in [9.17, 15) is 13.2 Å². The predicted molar refractivity (Wildman–Crippen MR) is 54.5 cm³/mol. The number of sulfonamides is 1.